The first kappa shape index (κ1) is 16.6. The number of hydrogen-bond acceptors (Lipinski definition) is 3. The molecule has 23 heavy (non-hydrogen) atoms. The molecule has 0 radical (unpaired) electrons. The number of fused-ring (bicyclic) bond motifs is 1. The Bertz CT molecular complexity index is 548. The number of hydrogen-bond donors (Lipinski definition) is 0. The van der Waals surface area contributed by atoms with Crippen LogP contribution in [-0.2, 0) is 4.79 Å². The second kappa shape index (κ2) is 7.10. The van der Waals surface area contributed by atoms with Crippen molar-refractivity contribution < 1.29 is 9.53 Å². The third-order valence-electron chi connectivity index (χ3n) is 5.39. The maximum Gasteiger partial charge on any atom is 0.223 e. The monoisotopic (exact) mass is 336 g/mol. The molecule has 1 aromatic carbocycles. The lowest BCUT2D eigenvalue weighted by Gasteiger charge is -2.38. The lowest BCUT2D eigenvalue weighted by molar-refractivity contribution is -0.133. The van der Waals surface area contributed by atoms with E-state index < -0.39 is 0 Å². The maximum absolute atomic E-state index is 12.2. The average Bonchev–Trinajstić information content (AvgIpc) is 2.91. The molecule has 0 bridgehead atoms. The molecule has 2 aliphatic rings. The number of carbonyl (C=O) groups excluding carboxylic acids is 1. The Balaban J connectivity index is 1.77. The normalized spacial score (nSPS) is 27.8. The van der Waals surface area contributed by atoms with Crippen LogP contribution in [0.3, 0.4) is 0 Å². The van der Waals surface area contributed by atoms with Crippen molar-refractivity contribution in [2.45, 2.75) is 24.8 Å². The lowest BCUT2D eigenvalue weighted by Crippen LogP contribution is -2.48. The van der Waals surface area contributed by atoms with E-state index in [9.17, 15) is 4.79 Å². The van der Waals surface area contributed by atoms with Gasteiger partial charge in [0.1, 0.15) is 5.75 Å². The Morgan fingerprint density at radius 1 is 1.30 bits per heavy atom. The average molecular weight is 337 g/mol. The Kier molecular flexibility index (Phi) is 5.12. The van der Waals surface area contributed by atoms with Crippen LogP contribution < -0.4 is 4.74 Å². The molecule has 3 atom stereocenters. The molecule has 126 valence electrons. The topological polar surface area (TPSA) is 32.8 Å². The SMILES string of the molecule is COc1ccc([C@H]2CN(C)[C@@H]3CCN(C(=O)CCCl)C[C@H]23)cc1. The second-order valence-corrected chi connectivity index (χ2v) is 7.00. The van der Waals surface area contributed by atoms with E-state index in [0.717, 1.165) is 31.8 Å². The van der Waals surface area contributed by atoms with Crippen molar-refractivity contribution in [2.24, 2.45) is 5.92 Å². The Morgan fingerprint density at radius 2 is 2.04 bits per heavy atom. The summed E-state index contributed by atoms with van der Waals surface area (Å²) in [6.07, 6.45) is 1.50. The van der Waals surface area contributed by atoms with E-state index in [1.165, 1.54) is 5.56 Å². The fraction of sp³-hybridized carbons (Fsp3) is 0.611. The predicted octanol–water partition coefficient (Wildman–Crippen LogP) is 2.57. The van der Waals surface area contributed by atoms with E-state index >= 15 is 0 Å². The summed E-state index contributed by atoms with van der Waals surface area (Å²) < 4.78 is 5.26. The number of piperidine rings is 1. The minimum Gasteiger partial charge on any atom is -0.497 e. The number of carbonyl (C=O) groups is 1. The van der Waals surface area contributed by atoms with Crippen molar-refractivity contribution in [2.75, 3.05) is 39.7 Å². The van der Waals surface area contributed by atoms with Gasteiger partial charge in [0.25, 0.3) is 0 Å². The molecule has 2 aliphatic heterocycles. The van der Waals surface area contributed by atoms with Gasteiger partial charge in [0.2, 0.25) is 5.91 Å². The first-order valence-corrected chi connectivity index (χ1v) is 8.85. The van der Waals surface area contributed by atoms with Gasteiger partial charge in [-0.3, -0.25) is 4.79 Å². The van der Waals surface area contributed by atoms with Crippen LogP contribution in [0.1, 0.15) is 24.3 Å². The highest BCUT2D eigenvalue weighted by Gasteiger charge is 2.44. The number of nitrogens with zero attached hydrogens (tertiary/aromatic N) is 2. The number of amides is 1. The van der Waals surface area contributed by atoms with Gasteiger partial charge in [0, 0.05) is 49.8 Å². The highest BCUT2D eigenvalue weighted by molar-refractivity contribution is 6.18. The van der Waals surface area contributed by atoms with Crippen LogP contribution in [0.2, 0.25) is 0 Å². The van der Waals surface area contributed by atoms with E-state index in [1.54, 1.807) is 7.11 Å². The van der Waals surface area contributed by atoms with Crippen molar-refractivity contribution in [3.05, 3.63) is 29.8 Å². The third kappa shape index (κ3) is 3.33. The zero-order valence-electron chi connectivity index (χ0n) is 13.9. The number of methoxy groups -OCH3 is 1. The van der Waals surface area contributed by atoms with Crippen LogP contribution >= 0.6 is 11.6 Å². The summed E-state index contributed by atoms with van der Waals surface area (Å²) in [6, 6.07) is 8.96. The standard InChI is InChI=1S/C18H25ClN2O2/c1-20-11-15(13-3-5-14(23-2)6-4-13)16-12-21(10-8-17(16)20)18(22)7-9-19/h3-6,15-17H,7-12H2,1-2H3/t15-,16-,17-/m1/s1. The van der Waals surface area contributed by atoms with Crippen LogP contribution in [0.25, 0.3) is 0 Å². The van der Waals surface area contributed by atoms with Crippen LogP contribution in [0.4, 0.5) is 0 Å². The molecule has 0 N–H and O–H groups in total. The highest BCUT2D eigenvalue weighted by Crippen LogP contribution is 2.41. The maximum atomic E-state index is 12.2. The zero-order valence-corrected chi connectivity index (χ0v) is 14.6. The van der Waals surface area contributed by atoms with E-state index in [4.69, 9.17) is 16.3 Å². The van der Waals surface area contributed by atoms with E-state index in [2.05, 4.69) is 24.1 Å². The molecule has 0 saturated carbocycles. The molecule has 0 aliphatic carbocycles. The zero-order chi connectivity index (χ0) is 16.4. The molecule has 0 unspecified atom stereocenters. The van der Waals surface area contributed by atoms with Gasteiger partial charge in [0.15, 0.2) is 0 Å². The Labute approximate surface area is 143 Å². The molecule has 2 heterocycles. The molecule has 2 fully saturated rings. The Hall–Kier alpha value is -1.26. The van der Waals surface area contributed by atoms with Gasteiger partial charge in [-0.1, -0.05) is 12.1 Å². The van der Waals surface area contributed by atoms with Gasteiger partial charge in [-0.25, -0.2) is 0 Å². The van der Waals surface area contributed by atoms with Crippen molar-refractivity contribution in [3.63, 3.8) is 0 Å². The summed E-state index contributed by atoms with van der Waals surface area (Å²) >= 11 is 5.74. The van der Waals surface area contributed by atoms with Crippen molar-refractivity contribution in [1.82, 2.24) is 9.80 Å². The molecule has 3 rings (SSSR count). The lowest BCUT2D eigenvalue weighted by atomic mass is 9.81. The van der Waals surface area contributed by atoms with E-state index in [-0.39, 0.29) is 5.91 Å². The number of halogens is 1. The summed E-state index contributed by atoms with van der Waals surface area (Å²) in [5.74, 6) is 2.47. The molecule has 1 aromatic rings. The molecule has 4 nitrogen and oxygen atoms in total. The fourth-order valence-electron chi connectivity index (χ4n) is 4.16. The van der Waals surface area contributed by atoms with Crippen LogP contribution in [-0.4, -0.2) is 61.4 Å². The molecular formula is C18H25ClN2O2. The summed E-state index contributed by atoms with van der Waals surface area (Å²) in [5, 5.41) is 0. The molecule has 0 spiro atoms. The molecule has 2 saturated heterocycles. The van der Waals surface area contributed by atoms with Crippen molar-refractivity contribution >= 4 is 17.5 Å². The number of ether oxygens (including phenoxy) is 1. The smallest absolute Gasteiger partial charge is 0.223 e. The van der Waals surface area contributed by atoms with Gasteiger partial charge in [-0.15, -0.1) is 11.6 Å². The minimum atomic E-state index is 0.196. The van der Waals surface area contributed by atoms with E-state index in [0.29, 0.717) is 30.2 Å². The van der Waals surface area contributed by atoms with Gasteiger partial charge in [0.05, 0.1) is 7.11 Å². The molecular weight excluding hydrogens is 312 g/mol. The first-order chi connectivity index (χ1) is 11.1. The van der Waals surface area contributed by atoms with Crippen LogP contribution in [0.15, 0.2) is 24.3 Å². The third-order valence-corrected chi connectivity index (χ3v) is 5.58. The summed E-state index contributed by atoms with van der Waals surface area (Å²) in [6.45, 7) is 2.76. The summed E-state index contributed by atoms with van der Waals surface area (Å²) in [4.78, 5) is 16.7. The predicted molar refractivity (Wildman–Crippen MR) is 92.2 cm³/mol. The number of likely N-dealkylation sites (tertiary alicyclic amines) is 2. The number of rotatable bonds is 4. The fourth-order valence-corrected chi connectivity index (χ4v) is 4.32. The van der Waals surface area contributed by atoms with Gasteiger partial charge in [-0.2, -0.15) is 0 Å². The molecule has 0 aromatic heterocycles. The molecule has 1 amide bonds. The van der Waals surface area contributed by atoms with Crippen molar-refractivity contribution in [1.29, 1.82) is 0 Å². The van der Waals surface area contributed by atoms with Crippen LogP contribution in [0.5, 0.6) is 5.75 Å². The van der Waals surface area contributed by atoms with E-state index in [1.807, 2.05) is 17.0 Å². The second-order valence-electron chi connectivity index (χ2n) is 6.62. The largest absolute Gasteiger partial charge is 0.497 e. The van der Waals surface area contributed by atoms with Crippen molar-refractivity contribution in [3.8, 4) is 5.75 Å². The van der Waals surface area contributed by atoms with Gasteiger partial charge >= 0.3 is 0 Å². The van der Waals surface area contributed by atoms with Gasteiger partial charge < -0.3 is 14.5 Å². The quantitative estimate of drug-likeness (QED) is 0.792. The Morgan fingerprint density at radius 3 is 2.70 bits per heavy atom. The number of benzene rings is 1. The molecule has 5 heteroatoms. The first-order valence-electron chi connectivity index (χ1n) is 8.32. The highest BCUT2D eigenvalue weighted by atomic mass is 35.5. The number of alkyl halides is 1. The summed E-state index contributed by atoms with van der Waals surface area (Å²) in [7, 11) is 3.90. The van der Waals surface area contributed by atoms with Crippen LogP contribution in [0, 0.1) is 5.92 Å². The minimum absolute atomic E-state index is 0.196. The number of likely N-dealkylation sites (N-methyl/N-ethyl adjacent to an activating group) is 1. The van der Waals surface area contributed by atoms with Gasteiger partial charge in [-0.05, 0) is 31.2 Å². The summed E-state index contributed by atoms with van der Waals surface area (Å²) in [5.41, 5.74) is 1.34.